The molecule has 0 saturated carbocycles. The molecule has 0 radical (unpaired) electrons. The lowest BCUT2D eigenvalue weighted by molar-refractivity contribution is -0.0595. The number of carbonyl (C=O) groups excluding carboxylic acids is 1. The first kappa shape index (κ1) is 30.4. The van der Waals surface area contributed by atoms with Crippen molar-refractivity contribution in [3.63, 3.8) is 0 Å². The van der Waals surface area contributed by atoms with E-state index in [1.54, 1.807) is 24.3 Å². The monoisotopic (exact) mass is 616 g/mol. The van der Waals surface area contributed by atoms with Crippen molar-refractivity contribution in [2.24, 2.45) is 0 Å². The maximum atomic E-state index is 14.7. The van der Waals surface area contributed by atoms with Crippen molar-refractivity contribution in [1.29, 1.82) is 0 Å². The number of methoxy groups -OCH3 is 1. The number of nitrogens with zero attached hydrogens (tertiary/aromatic N) is 6. The fraction of sp³-hybridized carbons (Fsp3) is 0.394. The number of benzene rings is 2. The van der Waals surface area contributed by atoms with E-state index in [-0.39, 0.29) is 24.4 Å². The Bertz CT molecular complexity index is 1740. The van der Waals surface area contributed by atoms with Crippen LogP contribution in [0, 0.1) is 12.4 Å². The number of fused-ring (bicyclic) bond motifs is 1. The predicted octanol–water partition coefficient (Wildman–Crippen LogP) is 5.50. The van der Waals surface area contributed by atoms with Crippen molar-refractivity contribution >= 4 is 28.5 Å². The van der Waals surface area contributed by atoms with Crippen molar-refractivity contribution in [2.75, 3.05) is 44.9 Å². The number of pyridine rings is 1. The van der Waals surface area contributed by atoms with Gasteiger partial charge in [0.25, 0.3) is 0 Å². The molecule has 2 saturated heterocycles. The quantitative estimate of drug-likeness (QED) is 0.171. The van der Waals surface area contributed by atoms with Crippen LogP contribution >= 0.6 is 0 Å². The number of esters is 1. The van der Waals surface area contributed by atoms with Gasteiger partial charge in [-0.15, -0.1) is 0 Å². The van der Waals surface area contributed by atoms with Gasteiger partial charge in [-0.05, 0) is 43.7 Å². The van der Waals surface area contributed by atoms with E-state index >= 15 is 0 Å². The topological polar surface area (TPSA) is 86.3 Å². The van der Waals surface area contributed by atoms with Crippen LogP contribution in [-0.2, 0) is 22.6 Å². The number of hydrogen-bond donors (Lipinski definition) is 0. The molecule has 2 aliphatic heterocycles. The lowest BCUT2D eigenvalue weighted by atomic mass is 10.1. The van der Waals surface area contributed by atoms with Gasteiger partial charge < -0.3 is 23.7 Å². The Morgan fingerprint density at radius 3 is 2.73 bits per heavy atom. The van der Waals surface area contributed by atoms with Gasteiger partial charge in [-0.2, -0.15) is 4.98 Å². The summed E-state index contributed by atoms with van der Waals surface area (Å²) in [7, 11) is 1.36. The number of imidazole rings is 1. The molecule has 0 bridgehead atoms. The highest BCUT2D eigenvalue weighted by Crippen LogP contribution is 2.31. The van der Waals surface area contributed by atoms with E-state index in [4.69, 9.17) is 25.8 Å². The summed E-state index contributed by atoms with van der Waals surface area (Å²) in [6, 6.07) is 14.3. The van der Waals surface area contributed by atoms with Gasteiger partial charge in [-0.3, -0.25) is 4.90 Å². The standard InChI is InChI=1S/C33H34F2N6O4/c1-21(32-37-28-10-8-22(33(42)43-3)15-29(28)41(32)19-26-11-14-44-26)40-13-12-39(18-25(40)17-34)30-5-4-6-31(38-30)45-20-23-7-9-24(36-2)16-27(23)35/h4-10,15-16,21,25-26H,11-14,17-20H2,1,3H3/t21-,25-,26-/m0/s1. The Balaban J connectivity index is 1.19. The minimum Gasteiger partial charge on any atom is -0.473 e. The van der Waals surface area contributed by atoms with E-state index in [2.05, 4.69) is 19.3 Å². The van der Waals surface area contributed by atoms with Gasteiger partial charge in [0.1, 0.15) is 30.7 Å². The fourth-order valence-corrected chi connectivity index (χ4v) is 5.94. The number of alkyl halides is 1. The molecule has 0 amide bonds. The van der Waals surface area contributed by atoms with Gasteiger partial charge in [0, 0.05) is 37.9 Å². The molecule has 45 heavy (non-hydrogen) atoms. The smallest absolute Gasteiger partial charge is 0.337 e. The van der Waals surface area contributed by atoms with E-state index in [1.165, 1.54) is 19.2 Å². The first-order valence-corrected chi connectivity index (χ1v) is 14.9. The summed E-state index contributed by atoms with van der Waals surface area (Å²) in [4.78, 5) is 29.2. The molecule has 4 heterocycles. The zero-order valence-electron chi connectivity index (χ0n) is 25.2. The Labute approximate surface area is 260 Å². The highest BCUT2D eigenvalue weighted by Gasteiger charge is 2.34. The third-order valence-electron chi connectivity index (χ3n) is 8.53. The second-order valence-corrected chi connectivity index (χ2v) is 11.2. The number of anilines is 1. The van der Waals surface area contributed by atoms with Crippen LogP contribution in [-0.4, -0.2) is 77.6 Å². The number of piperazine rings is 1. The summed E-state index contributed by atoms with van der Waals surface area (Å²) < 4.78 is 47.5. The average Bonchev–Trinajstić information content (AvgIpc) is 3.42. The van der Waals surface area contributed by atoms with Gasteiger partial charge in [0.15, 0.2) is 5.69 Å². The largest absolute Gasteiger partial charge is 0.473 e. The molecule has 234 valence electrons. The summed E-state index contributed by atoms with van der Waals surface area (Å²) in [6.45, 7) is 11.4. The van der Waals surface area contributed by atoms with E-state index in [0.717, 1.165) is 29.9 Å². The Morgan fingerprint density at radius 1 is 1.18 bits per heavy atom. The fourth-order valence-electron chi connectivity index (χ4n) is 5.94. The molecule has 0 N–H and O–H groups in total. The molecule has 0 spiro atoms. The number of ether oxygens (including phenoxy) is 3. The first-order chi connectivity index (χ1) is 21.9. The molecule has 3 atom stereocenters. The van der Waals surface area contributed by atoms with Crippen LogP contribution in [0.3, 0.4) is 0 Å². The Hall–Kier alpha value is -4.60. The average molecular weight is 617 g/mol. The number of hydrogen-bond acceptors (Lipinski definition) is 8. The number of rotatable bonds is 10. The Morgan fingerprint density at radius 2 is 2.02 bits per heavy atom. The van der Waals surface area contributed by atoms with Crippen molar-refractivity contribution in [1.82, 2.24) is 19.4 Å². The van der Waals surface area contributed by atoms with E-state index in [1.807, 2.05) is 30.0 Å². The summed E-state index contributed by atoms with van der Waals surface area (Å²) in [5.74, 6) is 0.838. The van der Waals surface area contributed by atoms with Crippen molar-refractivity contribution in [3.8, 4) is 5.88 Å². The molecule has 12 heteroatoms. The van der Waals surface area contributed by atoms with Crippen molar-refractivity contribution < 1.29 is 27.8 Å². The summed E-state index contributed by atoms with van der Waals surface area (Å²) in [5.41, 5.74) is 2.56. The third-order valence-corrected chi connectivity index (χ3v) is 8.53. The predicted molar refractivity (Wildman–Crippen MR) is 164 cm³/mol. The van der Waals surface area contributed by atoms with E-state index < -0.39 is 24.5 Å². The van der Waals surface area contributed by atoms with Crippen LogP contribution in [0.5, 0.6) is 5.88 Å². The molecule has 2 aliphatic rings. The van der Waals surface area contributed by atoms with Crippen LogP contribution in [0.2, 0.25) is 0 Å². The molecular weight excluding hydrogens is 582 g/mol. The van der Waals surface area contributed by atoms with Gasteiger partial charge in [-0.1, -0.05) is 18.2 Å². The highest BCUT2D eigenvalue weighted by atomic mass is 19.1. The van der Waals surface area contributed by atoms with Crippen LogP contribution in [0.4, 0.5) is 20.3 Å². The summed E-state index contributed by atoms with van der Waals surface area (Å²) in [5, 5.41) is 0. The molecule has 6 rings (SSSR count). The van der Waals surface area contributed by atoms with E-state index in [9.17, 15) is 13.6 Å². The van der Waals surface area contributed by atoms with Crippen LogP contribution in [0.1, 0.15) is 41.1 Å². The van der Waals surface area contributed by atoms with Crippen LogP contribution in [0.15, 0.2) is 54.6 Å². The summed E-state index contributed by atoms with van der Waals surface area (Å²) >= 11 is 0. The number of carbonyl (C=O) groups is 1. The zero-order chi connectivity index (χ0) is 31.5. The highest BCUT2D eigenvalue weighted by molar-refractivity contribution is 5.93. The maximum absolute atomic E-state index is 14.7. The minimum atomic E-state index is -0.560. The van der Waals surface area contributed by atoms with Gasteiger partial charge in [0.05, 0.1) is 55.0 Å². The minimum absolute atomic E-state index is 0.0347. The first-order valence-electron chi connectivity index (χ1n) is 14.9. The lowest BCUT2D eigenvalue weighted by Crippen LogP contribution is -2.55. The molecular formula is C33H34F2N6O4. The van der Waals surface area contributed by atoms with Gasteiger partial charge in [0.2, 0.25) is 5.88 Å². The van der Waals surface area contributed by atoms with Crippen molar-refractivity contribution in [2.45, 2.75) is 44.7 Å². The third kappa shape index (κ3) is 6.32. The van der Waals surface area contributed by atoms with Crippen LogP contribution < -0.4 is 9.64 Å². The lowest BCUT2D eigenvalue weighted by Gasteiger charge is -2.43. The second kappa shape index (κ2) is 13.2. The Kier molecular flexibility index (Phi) is 8.91. The number of halogens is 2. The van der Waals surface area contributed by atoms with Gasteiger partial charge in [-0.25, -0.2) is 23.4 Å². The summed E-state index contributed by atoms with van der Waals surface area (Å²) in [6.07, 6.45) is 0.994. The van der Waals surface area contributed by atoms with Crippen LogP contribution in [0.25, 0.3) is 15.9 Å². The second-order valence-electron chi connectivity index (χ2n) is 11.2. The SMILES string of the molecule is [C-]#[N+]c1ccc(COc2cccc(N3CCN([C@@H](C)c4nc5ccc(C(=O)OC)cc5n4C[C@@H]4CCO4)[C@@H](CF)C3)n2)c(F)c1. The van der Waals surface area contributed by atoms with Crippen molar-refractivity contribution in [3.05, 3.63) is 88.8 Å². The molecule has 0 unspecified atom stereocenters. The van der Waals surface area contributed by atoms with E-state index in [0.29, 0.717) is 49.0 Å². The maximum Gasteiger partial charge on any atom is 0.337 e. The molecule has 0 aliphatic carbocycles. The normalized spacial score (nSPS) is 19.1. The molecule has 4 aromatic rings. The molecule has 2 fully saturated rings. The molecule has 2 aromatic carbocycles. The molecule has 10 nitrogen and oxygen atoms in total. The van der Waals surface area contributed by atoms with Gasteiger partial charge >= 0.3 is 5.97 Å². The number of aromatic nitrogens is 3. The zero-order valence-corrected chi connectivity index (χ0v) is 25.2. The molecule has 2 aromatic heterocycles.